The molecule has 0 saturated carbocycles. The van der Waals surface area contributed by atoms with Crippen molar-refractivity contribution in [3.63, 3.8) is 0 Å². The molecule has 1 aromatic heterocycles. The second-order valence-corrected chi connectivity index (χ2v) is 5.47. The Hall–Kier alpha value is -2.03. The number of methoxy groups -OCH3 is 1. The highest BCUT2D eigenvalue weighted by atomic mass is 127. The maximum Gasteiger partial charge on any atom is 0.191 e. The highest BCUT2D eigenvalue weighted by molar-refractivity contribution is 14.0. The lowest BCUT2D eigenvalue weighted by atomic mass is 10.1. The Balaban J connectivity index is 0.00000338. The third kappa shape index (κ3) is 7.47. The number of aromatic nitrogens is 1. The fourth-order valence-corrected chi connectivity index (χ4v) is 2.26. The number of guanidine groups is 1. The van der Waals surface area contributed by atoms with E-state index >= 15 is 0 Å². The van der Waals surface area contributed by atoms with Gasteiger partial charge in [0.05, 0.1) is 26.4 Å². The molecule has 6 nitrogen and oxygen atoms in total. The van der Waals surface area contributed by atoms with Gasteiger partial charge in [0.2, 0.25) is 0 Å². The predicted octanol–water partition coefficient (Wildman–Crippen LogP) is 3.15. The van der Waals surface area contributed by atoms with Crippen molar-refractivity contribution in [3.8, 4) is 11.5 Å². The van der Waals surface area contributed by atoms with Crippen LogP contribution in [-0.4, -0.2) is 37.7 Å². The Labute approximate surface area is 172 Å². The number of ether oxygens (including phenoxy) is 2. The summed E-state index contributed by atoms with van der Waals surface area (Å²) in [5.74, 6) is 2.37. The molecule has 1 heterocycles. The predicted molar refractivity (Wildman–Crippen MR) is 116 cm³/mol. The average molecular weight is 470 g/mol. The Morgan fingerprint density at radius 2 is 2.08 bits per heavy atom. The van der Waals surface area contributed by atoms with Gasteiger partial charge in [0.1, 0.15) is 18.1 Å². The number of hydrogen-bond acceptors (Lipinski definition) is 4. The molecule has 0 spiro atoms. The molecule has 1 aromatic carbocycles. The minimum atomic E-state index is 0. The number of rotatable bonds is 8. The van der Waals surface area contributed by atoms with Crippen LogP contribution in [0.15, 0.2) is 47.7 Å². The Kier molecular flexibility index (Phi) is 10.5. The van der Waals surface area contributed by atoms with E-state index in [-0.39, 0.29) is 24.0 Å². The maximum absolute atomic E-state index is 5.62. The molecule has 0 bridgehead atoms. The van der Waals surface area contributed by atoms with Gasteiger partial charge in [0.25, 0.3) is 0 Å². The summed E-state index contributed by atoms with van der Waals surface area (Å²) in [4.78, 5) is 8.63. The second-order valence-electron chi connectivity index (χ2n) is 5.47. The highest BCUT2D eigenvalue weighted by Crippen LogP contribution is 2.20. The zero-order chi connectivity index (χ0) is 17.9. The lowest BCUT2D eigenvalue weighted by Gasteiger charge is -2.13. The van der Waals surface area contributed by atoms with Crippen LogP contribution in [0.3, 0.4) is 0 Å². The summed E-state index contributed by atoms with van der Waals surface area (Å²) in [7, 11) is 1.68. The molecule has 26 heavy (non-hydrogen) atoms. The van der Waals surface area contributed by atoms with E-state index in [2.05, 4.69) is 26.7 Å². The van der Waals surface area contributed by atoms with Crippen molar-refractivity contribution >= 4 is 29.9 Å². The number of nitrogens with zero attached hydrogens (tertiary/aromatic N) is 2. The van der Waals surface area contributed by atoms with Crippen LogP contribution < -0.4 is 20.1 Å². The minimum Gasteiger partial charge on any atom is -0.496 e. The molecule has 0 aliphatic heterocycles. The fraction of sp³-hybridized carbons (Fsp3) is 0.368. The van der Waals surface area contributed by atoms with Gasteiger partial charge in [0, 0.05) is 18.3 Å². The number of pyridine rings is 1. The minimum absolute atomic E-state index is 0. The fourth-order valence-electron chi connectivity index (χ4n) is 2.26. The lowest BCUT2D eigenvalue weighted by molar-refractivity contribution is 0.320. The molecule has 0 atom stereocenters. The number of aryl methyl sites for hydroxylation is 1. The number of nitrogens with one attached hydrogen (secondary N) is 2. The largest absolute Gasteiger partial charge is 0.496 e. The summed E-state index contributed by atoms with van der Waals surface area (Å²) >= 11 is 0. The molecule has 0 amide bonds. The zero-order valence-electron chi connectivity index (χ0n) is 15.5. The summed E-state index contributed by atoms with van der Waals surface area (Å²) in [6.07, 6.45) is 3.42. The molecule has 0 unspecified atom stereocenters. The highest BCUT2D eigenvalue weighted by Gasteiger charge is 2.04. The van der Waals surface area contributed by atoms with Crippen molar-refractivity contribution in [3.05, 3.63) is 53.9 Å². The topological polar surface area (TPSA) is 67.8 Å². The van der Waals surface area contributed by atoms with E-state index in [1.54, 1.807) is 19.5 Å². The van der Waals surface area contributed by atoms with Crippen molar-refractivity contribution in [2.45, 2.75) is 20.4 Å². The molecule has 2 aromatic rings. The van der Waals surface area contributed by atoms with Crippen LogP contribution in [0.4, 0.5) is 0 Å². The molecule has 7 heteroatoms. The smallest absolute Gasteiger partial charge is 0.191 e. The summed E-state index contributed by atoms with van der Waals surface area (Å²) in [5.41, 5.74) is 2.22. The Morgan fingerprint density at radius 3 is 2.77 bits per heavy atom. The van der Waals surface area contributed by atoms with E-state index in [4.69, 9.17) is 9.47 Å². The average Bonchev–Trinajstić information content (AvgIpc) is 2.64. The van der Waals surface area contributed by atoms with Gasteiger partial charge in [0.15, 0.2) is 5.96 Å². The first-order valence-corrected chi connectivity index (χ1v) is 8.41. The standard InChI is InChI=1S/C19H26N4O2.HI/c1-4-21-19(22-10-11-25-17-6-5-9-20-14-17)23-13-16-8-7-15(2)12-18(16)24-3;/h5-9,12,14H,4,10-11,13H2,1-3H3,(H2,21,22,23);1H. The van der Waals surface area contributed by atoms with Gasteiger partial charge in [-0.2, -0.15) is 0 Å². The van der Waals surface area contributed by atoms with E-state index in [1.165, 1.54) is 5.56 Å². The first-order valence-electron chi connectivity index (χ1n) is 8.41. The van der Waals surface area contributed by atoms with Crippen molar-refractivity contribution < 1.29 is 9.47 Å². The molecular weight excluding hydrogens is 443 g/mol. The van der Waals surface area contributed by atoms with E-state index in [9.17, 15) is 0 Å². The second kappa shape index (κ2) is 12.3. The molecule has 0 aliphatic rings. The van der Waals surface area contributed by atoms with E-state index in [0.717, 1.165) is 29.6 Å². The summed E-state index contributed by atoms with van der Waals surface area (Å²) in [6.45, 7) is 6.59. The lowest BCUT2D eigenvalue weighted by Crippen LogP contribution is -2.39. The summed E-state index contributed by atoms with van der Waals surface area (Å²) in [5, 5.41) is 6.49. The maximum atomic E-state index is 5.62. The Bertz CT molecular complexity index is 680. The van der Waals surface area contributed by atoms with Crippen molar-refractivity contribution in [2.24, 2.45) is 4.99 Å². The third-order valence-electron chi connectivity index (χ3n) is 3.49. The first kappa shape index (κ1) is 22.0. The number of halogens is 1. The normalized spacial score (nSPS) is 10.7. The summed E-state index contributed by atoms with van der Waals surface area (Å²) < 4.78 is 11.0. The van der Waals surface area contributed by atoms with Crippen molar-refractivity contribution in [1.82, 2.24) is 15.6 Å². The van der Waals surface area contributed by atoms with Crippen LogP contribution in [0.5, 0.6) is 11.5 Å². The molecule has 2 N–H and O–H groups in total. The molecule has 0 saturated heterocycles. The SMILES string of the molecule is CCNC(=NCc1ccc(C)cc1OC)NCCOc1cccnc1.I. The van der Waals surface area contributed by atoms with Crippen LogP contribution in [0, 0.1) is 6.92 Å². The van der Waals surface area contributed by atoms with Crippen LogP contribution in [0.2, 0.25) is 0 Å². The summed E-state index contributed by atoms with van der Waals surface area (Å²) in [6, 6.07) is 9.87. The van der Waals surface area contributed by atoms with E-state index in [1.807, 2.05) is 38.1 Å². The van der Waals surface area contributed by atoms with Crippen LogP contribution >= 0.6 is 24.0 Å². The van der Waals surface area contributed by atoms with Gasteiger partial charge in [-0.1, -0.05) is 12.1 Å². The first-order chi connectivity index (χ1) is 12.2. The van der Waals surface area contributed by atoms with E-state index in [0.29, 0.717) is 19.7 Å². The molecular formula is C19H27IN4O2. The van der Waals surface area contributed by atoms with E-state index < -0.39 is 0 Å². The quantitative estimate of drug-likeness (QED) is 0.269. The van der Waals surface area contributed by atoms with Gasteiger partial charge in [-0.15, -0.1) is 24.0 Å². The molecule has 0 fully saturated rings. The number of hydrogen-bond donors (Lipinski definition) is 2. The number of benzene rings is 1. The van der Waals surface area contributed by atoms with Crippen LogP contribution in [-0.2, 0) is 6.54 Å². The van der Waals surface area contributed by atoms with Gasteiger partial charge in [-0.25, -0.2) is 4.99 Å². The molecule has 0 aliphatic carbocycles. The Morgan fingerprint density at radius 1 is 1.23 bits per heavy atom. The van der Waals surface area contributed by atoms with Crippen LogP contribution in [0.1, 0.15) is 18.1 Å². The zero-order valence-corrected chi connectivity index (χ0v) is 17.8. The third-order valence-corrected chi connectivity index (χ3v) is 3.49. The van der Waals surface area contributed by atoms with Crippen LogP contribution in [0.25, 0.3) is 0 Å². The van der Waals surface area contributed by atoms with Crippen molar-refractivity contribution in [1.29, 1.82) is 0 Å². The monoisotopic (exact) mass is 470 g/mol. The van der Waals surface area contributed by atoms with Gasteiger partial charge in [-0.3, -0.25) is 4.98 Å². The van der Waals surface area contributed by atoms with Gasteiger partial charge < -0.3 is 20.1 Å². The molecule has 142 valence electrons. The van der Waals surface area contributed by atoms with Gasteiger partial charge >= 0.3 is 0 Å². The molecule has 0 radical (unpaired) electrons. The van der Waals surface area contributed by atoms with Crippen molar-refractivity contribution in [2.75, 3.05) is 26.8 Å². The van der Waals surface area contributed by atoms with Gasteiger partial charge in [-0.05, 0) is 37.6 Å². The number of aliphatic imine (C=N–C) groups is 1. The molecule has 2 rings (SSSR count).